The molecule has 0 atom stereocenters. The van der Waals surface area contributed by atoms with E-state index < -0.39 is 0 Å². The Morgan fingerprint density at radius 2 is 1.00 bits per heavy atom. The predicted octanol–water partition coefficient (Wildman–Crippen LogP) is 11.4. The van der Waals surface area contributed by atoms with E-state index in [1.807, 2.05) is 103 Å². The Balaban J connectivity index is 1.12. The molecule has 10 rings (SSSR count). The molecule has 6 nitrogen and oxygen atoms in total. The lowest BCUT2D eigenvalue weighted by molar-refractivity contribution is 0.620. The maximum absolute atomic E-state index is 6.43. The molecule has 0 unspecified atom stereocenters. The molecule has 0 aliphatic rings. The van der Waals surface area contributed by atoms with Crippen LogP contribution in [0.15, 0.2) is 167 Å². The van der Waals surface area contributed by atoms with Gasteiger partial charge < -0.3 is 8.83 Å². The van der Waals surface area contributed by atoms with Crippen molar-refractivity contribution in [3.8, 4) is 56.7 Å². The van der Waals surface area contributed by atoms with E-state index in [4.69, 9.17) is 28.8 Å². The molecule has 0 aliphatic carbocycles. The van der Waals surface area contributed by atoms with Crippen molar-refractivity contribution >= 4 is 43.8 Å². The average molecular weight is 643 g/mol. The summed E-state index contributed by atoms with van der Waals surface area (Å²) >= 11 is 0. The molecule has 234 valence electrons. The minimum atomic E-state index is 0.557. The number of furan rings is 1. The van der Waals surface area contributed by atoms with Gasteiger partial charge in [0.1, 0.15) is 16.7 Å². The molecule has 0 aliphatic heterocycles. The van der Waals surface area contributed by atoms with E-state index in [9.17, 15) is 0 Å². The number of aromatic nitrogens is 4. The molecule has 10 aromatic rings. The van der Waals surface area contributed by atoms with Crippen LogP contribution in [0.3, 0.4) is 0 Å². The zero-order valence-electron chi connectivity index (χ0n) is 26.6. The molecule has 0 fully saturated rings. The molecule has 7 aromatic carbocycles. The third-order valence-corrected chi connectivity index (χ3v) is 9.16. The summed E-state index contributed by atoms with van der Waals surface area (Å²) in [7, 11) is 0. The smallest absolute Gasteiger partial charge is 0.227 e. The number of nitrogens with zero attached hydrogens (tertiary/aromatic N) is 4. The largest absolute Gasteiger partial charge is 0.456 e. The second kappa shape index (κ2) is 11.4. The summed E-state index contributed by atoms with van der Waals surface area (Å²) in [5.41, 5.74) is 8.73. The number of hydrogen-bond acceptors (Lipinski definition) is 6. The molecule has 6 heteroatoms. The van der Waals surface area contributed by atoms with Crippen LogP contribution in [0.4, 0.5) is 0 Å². The number of fused-ring (bicyclic) bond motifs is 5. The second-order valence-corrected chi connectivity index (χ2v) is 12.3. The maximum atomic E-state index is 6.43. The van der Waals surface area contributed by atoms with Crippen LogP contribution in [-0.4, -0.2) is 19.9 Å². The van der Waals surface area contributed by atoms with Crippen molar-refractivity contribution in [3.05, 3.63) is 158 Å². The topological polar surface area (TPSA) is 77.8 Å². The molecular formula is C44H26N4O2. The highest BCUT2D eigenvalue weighted by Crippen LogP contribution is 2.39. The lowest BCUT2D eigenvalue weighted by Gasteiger charge is -2.10. The molecule has 0 saturated carbocycles. The van der Waals surface area contributed by atoms with Crippen molar-refractivity contribution in [3.63, 3.8) is 0 Å². The number of rotatable bonds is 5. The lowest BCUT2D eigenvalue weighted by Crippen LogP contribution is -2.00. The van der Waals surface area contributed by atoms with E-state index in [1.54, 1.807) is 0 Å². The molecule has 0 bridgehead atoms. The summed E-state index contributed by atoms with van der Waals surface area (Å²) in [6, 6.07) is 53.1. The molecule has 0 saturated heterocycles. The first kappa shape index (κ1) is 28.1. The molecule has 3 heterocycles. The van der Waals surface area contributed by atoms with Gasteiger partial charge in [-0.3, -0.25) is 0 Å². The van der Waals surface area contributed by atoms with Crippen molar-refractivity contribution in [2.75, 3.05) is 0 Å². The van der Waals surface area contributed by atoms with Gasteiger partial charge in [0.05, 0.1) is 0 Å². The molecule has 0 radical (unpaired) electrons. The van der Waals surface area contributed by atoms with Crippen LogP contribution in [0.5, 0.6) is 0 Å². The van der Waals surface area contributed by atoms with Gasteiger partial charge in [-0.2, -0.15) is 0 Å². The van der Waals surface area contributed by atoms with Crippen LogP contribution in [-0.2, 0) is 0 Å². The standard InChI is InChI=1S/C44H26N4O2/c1-3-10-27(11-4-1)29-18-21-31(22-19-29)44-45-36-26-38-35(25-39(36)50-44)40-34(16-9-17-37(40)49-38)43-47-41(30-13-5-2-6-14-30)46-42(48-43)33-23-20-28-12-7-8-15-32(28)24-33/h1-26H. The highest BCUT2D eigenvalue weighted by Gasteiger charge is 2.20. The number of oxazole rings is 1. The van der Waals surface area contributed by atoms with Crippen LogP contribution < -0.4 is 0 Å². The van der Waals surface area contributed by atoms with Gasteiger partial charge >= 0.3 is 0 Å². The van der Waals surface area contributed by atoms with E-state index in [0.717, 1.165) is 66.0 Å². The minimum absolute atomic E-state index is 0.557. The quantitative estimate of drug-likeness (QED) is 0.186. The molecule has 50 heavy (non-hydrogen) atoms. The number of hydrogen-bond donors (Lipinski definition) is 0. The van der Waals surface area contributed by atoms with Crippen LogP contribution >= 0.6 is 0 Å². The SMILES string of the molecule is c1ccc(-c2ccc(-c3nc4cc5oc6cccc(-c7nc(-c8ccccc8)nc(-c8ccc9ccccc9c8)n7)c6c5cc4o3)cc2)cc1. The van der Waals surface area contributed by atoms with Gasteiger partial charge in [0.25, 0.3) is 0 Å². The summed E-state index contributed by atoms with van der Waals surface area (Å²) in [6.45, 7) is 0. The fraction of sp³-hybridized carbons (Fsp3) is 0. The van der Waals surface area contributed by atoms with E-state index in [-0.39, 0.29) is 0 Å². The minimum Gasteiger partial charge on any atom is -0.456 e. The van der Waals surface area contributed by atoms with Crippen LogP contribution in [0.2, 0.25) is 0 Å². The third kappa shape index (κ3) is 4.81. The third-order valence-electron chi connectivity index (χ3n) is 9.16. The Bertz CT molecular complexity index is 2860. The zero-order valence-corrected chi connectivity index (χ0v) is 26.6. The fourth-order valence-corrected chi connectivity index (χ4v) is 6.66. The summed E-state index contributed by atoms with van der Waals surface area (Å²) < 4.78 is 12.8. The Morgan fingerprint density at radius 1 is 0.360 bits per heavy atom. The maximum Gasteiger partial charge on any atom is 0.227 e. The van der Waals surface area contributed by atoms with Crippen molar-refractivity contribution in [1.82, 2.24) is 19.9 Å². The first-order chi connectivity index (χ1) is 24.7. The van der Waals surface area contributed by atoms with Gasteiger partial charge in [-0.25, -0.2) is 19.9 Å². The first-order valence-electron chi connectivity index (χ1n) is 16.5. The Hall–Kier alpha value is -6.92. The van der Waals surface area contributed by atoms with Crippen LogP contribution in [0.1, 0.15) is 0 Å². The first-order valence-corrected chi connectivity index (χ1v) is 16.5. The summed E-state index contributed by atoms with van der Waals surface area (Å²) in [6.07, 6.45) is 0. The summed E-state index contributed by atoms with van der Waals surface area (Å²) in [4.78, 5) is 19.9. The van der Waals surface area contributed by atoms with E-state index >= 15 is 0 Å². The van der Waals surface area contributed by atoms with Crippen molar-refractivity contribution in [1.29, 1.82) is 0 Å². The Kier molecular flexibility index (Phi) is 6.39. The number of benzene rings is 7. The molecule has 0 N–H and O–H groups in total. The van der Waals surface area contributed by atoms with Crippen molar-refractivity contribution < 1.29 is 8.83 Å². The summed E-state index contributed by atoms with van der Waals surface area (Å²) in [5.74, 6) is 2.32. The van der Waals surface area contributed by atoms with E-state index in [1.165, 1.54) is 0 Å². The summed E-state index contributed by atoms with van der Waals surface area (Å²) in [5, 5.41) is 4.09. The van der Waals surface area contributed by atoms with Gasteiger partial charge in [-0.05, 0) is 52.2 Å². The van der Waals surface area contributed by atoms with Gasteiger partial charge in [0.2, 0.25) is 5.89 Å². The lowest BCUT2D eigenvalue weighted by atomic mass is 10.0. The van der Waals surface area contributed by atoms with Crippen molar-refractivity contribution in [2.24, 2.45) is 0 Å². The second-order valence-electron chi connectivity index (χ2n) is 12.3. The predicted molar refractivity (Wildman–Crippen MR) is 199 cm³/mol. The van der Waals surface area contributed by atoms with E-state index in [2.05, 4.69) is 54.6 Å². The molecule has 0 amide bonds. The van der Waals surface area contributed by atoms with Gasteiger partial charge in [-0.15, -0.1) is 0 Å². The molecular weight excluding hydrogens is 617 g/mol. The van der Waals surface area contributed by atoms with Gasteiger partial charge in [0.15, 0.2) is 23.1 Å². The fourth-order valence-electron chi connectivity index (χ4n) is 6.66. The van der Waals surface area contributed by atoms with Crippen LogP contribution in [0, 0.1) is 0 Å². The highest BCUT2D eigenvalue weighted by molar-refractivity contribution is 6.14. The molecule has 3 aromatic heterocycles. The van der Waals surface area contributed by atoms with Gasteiger partial charge in [0, 0.05) is 39.1 Å². The average Bonchev–Trinajstić information content (AvgIpc) is 3.78. The monoisotopic (exact) mass is 642 g/mol. The van der Waals surface area contributed by atoms with E-state index in [0.29, 0.717) is 34.5 Å². The van der Waals surface area contributed by atoms with Crippen molar-refractivity contribution in [2.45, 2.75) is 0 Å². The highest BCUT2D eigenvalue weighted by atomic mass is 16.4. The van der Waals surface area contributed by atoms with Gasteiger partial charge in [-0.1, -0.05) is 121 Å². The Morgan fingerprint density at radius 3 is 1.80 bits per heavy atom. The Labute approximate surface area is 286 Å². The normalized spacial score (nSPS) is 11.6. The van der Waals surface area contributed by atoms with Crippen LogP contribution in [0.25, 0.3) is 101 Å². The molecule has 0 spiro atoms. The zero-order chi connectivity index (χ0) is 33.0.